The van der Waals surface area contributed by atoms with Crippen LogP contribution in [0.3, 0.4) is 0 Å². The van der Waals surface area contributed by atoms with Crippen molar-refractivity contribution in [3.8, 4) is 17.1 Å². The Kier molecular flexibility index (Phi) is 19.5. The highest BCUT2D eigenvalue weighted by molar-refractivity contribution is 5.55. The first-order chi connectivity index (χ1) is 33.3. The zero-order valence-electron chi connectivity index (χ0n) is 36.3. The minimum absolute atomic E-state index is 0.188. The summed E-state index contributed by atoms with van der Waals surface area (Å²) in [5.41, 5.74) is 1.17. The molecule has 1 aromatic heterocycles. The van der Waals surface area contributed by atoms with Crippen LogP contribution in [0, 0.1) is 0 Å². The maximum atomic E-state index is 14.3. The van der Waals surface area contributed by atoms with Crippen molar-refractivity contribution < 1.29 is 160 Å². The first kappa shape index (κ1) is 66.9. The molecule has 2 aromatic rings. The van der Waals surface area contributed by atoms with E-state index in [4.69, 9.17) is 4.74 Å². The molecule has 1 heterocycles. The minimum atomic E-state index is -9.76. The molecule has 1 N–H and O–H groups in total. The minimum Gasteiger partial charge on any atom is -0.491 e. The summed E-state index contributed by atoms with van der Waals surface area (Å²) in [4.78, 5) is 8.38. The maximum Gasteiger partial charge on any atom is 0.460 e. The van der Waals surface area contributed by atoms with Crippen LogP contribution in [0.15, 0.2) is 36.7 Å². The van der Waals surface area contributed by atoms with Gasteiger partial charge in [0.15, 0.2) is 5.82 Å². The largest absolute Gasteiger partial charge is 0.491 e. The molecule has 1 aromatic carbocycles. The molecule has 38 heteroatoms. The van der Waals surface area contributed by atoms with Gasteiger partial charge in [0.2, 0.25) is 0 Å². The second kappa shape index (κ2) is 21.9. The van der Waals surface area contributed by atoms with Gasteiger partial charge in [-0.05, 0) is 42.7 Å². The molecule has 0 unspecified atom stereocenters. The van der Waals surface area contributed by atoms with E-state index in [1.807, 2.05) is 0 Å². The molecule has 0 amide bonds. The Morgan fingerprint density at radius 2 is 0.813 bits per heavy atom. The summed E-state index contributed by atoms with van der Waals surface area (Å²) < 4.78 is 435. The molecule has 2 rings (SSSR count). The van der Waals surface area contributed by atoms with E-state index < -0.39 is 116 Å². The number of aryl methyl sites for hydroxylation is 1. The number of rotatable bonds is 30. The Balaban J connectivity index is 2.24. The molecular formula is C37H31F31N2O5. The third-order valence-electron chi connectivity index (χ3n) is 9.83. The lowest BCUT2D eigenvalue weighted by Crippen LogP contribution is -2.76. The van der Waals surface area contributed by atoms with Crippen molar-refractivity contribution in [1.29, 1.82) is 0 Å². The Hall–Kier alpha value is -4.23. The number of hydrogen-bond acceptors (Lipinski definition) is 7. The molecule has 0 aliphatic carbocycles. The smallest absolute Gasteiger partial charge is 0.460 e. The van der Waals surface area contributed by atoms with E-state index in [1.54, 1.807) is 12.4 Å². The Labute approximate surface area is 397 Å². The Morgan fingerprint density at radius 3 is 1.23 bits per heavy atom. The quantitative estimate of drug-likeness (QED) is 0.0616. The van der Waals surface area contributed by atoms with Crippen LogP contribution in [0.25, 0.3) is 11.4 Å². The second-order valence-electron chi connectivity index (χ2n) is 15.6. The van der Waals surface area contributed by atoms with Crippen LogP contribution >= 0.6 is 0 Å². The Bertz CT molecular complexity index is 2150. The number of aromatic nitrogens is 2. The van der Waals surface area contributed by atoms with Gasteiger partial charge in [0, 0.05) is 18.0 Å². The number of unbranched alkanes of at least 4 members (excludes halogenated alkanes) is 5. The lowest BCUT2D eigenvalue weighted by molar-refractivity contribution is -0.560. The molecular weight excluding hydrogens is 1140 g/mol. The first-order valence-electron chi connectivity index (χ1n) is 19.8. The number of aliphatic hydroxyl groups is 1. The van der Waals surface area contributed by atoms with Gasteiger partial charge in [-0.25, -0.2) is 19.4 Å². The molecule has 0 radical (unpaired) electrons. The summed E-state index contributed by atoms with van der Waals surface area (Å²) in [7, 11) is 0. The highest BCUT2D eigenvalue weighted by Gasteiger charge is 2.97. The second-order valence-corrected chi connectivity index (χ2v) is 15.6. The number of benzene rings is 1. The van der Waals surface area contributed by atoms with Gasteiger partial charge in [-0.15, -0.1) is 0 Å². The van der Waals surface area contributed by atoms with Crippen LogP contribution in [0.5, 0.6) is 5.75 Å². The van der Waals surface area contributed by atoms with Crippen molar-refractivity contribution in [2.24, 2.45) is 0 Å². The fraction of sp³-hybridized carbons (Fsp3) is 0.730. The van der Waals surface area contributed by atoms with Crippen LogP contribution in [-0.2, 0) is 20.6 Å². The van der Waals surface area contributed by atoms with Gasteiger partial charge in [-0.3, -0.25) is 0 Å². The third-order valence-corrected chi connectivity index (χ3v) is 9.83. The number of alkyl halides is 31. The Morgan fingerprint density at radius 1 is 0.440 bits per heavy atom. The van der Waals surface area contributed by atoms with Crippen LogP contribution in [0.4, 0.5) is 136 Å². The van der Waals surface area contributed by atoms with Crippen molar-refractivity contribution >= 4 is 0 Å². The van der Waals surface area contributed by atoms with Crippen LogP contribution in [-0.4, -0.2) is 131 Å². The summed E-state index contributed by atoms with van der Waals surface area (Å²) in [5.74, 6) is -89.9. The molecule has 0 saturated carbocycles. The summed E-state index contributed by atoms with van der Waals surface area (Å²) in [6.07, 6.45) is -35.6. The van der Waals surface area contributed by atoms with Gasteiger partial charge in [0.05, 0.1) is 6.61 Å². The number of ether oxygens (including phenoxy) is 4. The highest BCUT2D eigenvalue weighted by Crippen LogP contribution is 2.66. The van der Waals surface area contributed by atoms with E-state index in [1.165, 1.54) is 12.1 Å². The van der Waals surface area contributed by atoms with E-state index in [2.05, 4.69) is 21.6 Å². The van der Waals surface area contributed by atoms with E-state index >= 15 is 0 Å². The molecule has 0 bridgehead atoms. The fourth-order valence-electron chi connectivity index (χ4n) is 5.42. The van der Waals surface area contributed by atoms with E-state index in [9.17, 15) is 141 Å². The van der Waals surface area contributed by atoms with Crippen LogP contribution < -0.4 is 4.74 Å². The molecule has 0 spiro atoms. The fourth-order valence-corrected chi connectivity index (χ4v) is 5.42. The summed E-state index contributed by atoms with van der Waals surface area (Å²) in [6, 6.07) is 4.95. The zero-order valence-corrected chi connectivity index (χ0v) is 36.3. The summed E-state index contributed by atoms with van der Waals surface area (Å²) in [5, 5.41) is 9.85. The topological polar surface area (TPSA) is 82.9 Å². The van der Waals surface area contributed by atoms with Gasteiger partial charge in [-0.1, -0.05) is 39.0 Å². The average molecular weight is 1170 g/mol. The third kappa shape index (κ3) is 12.6. The predicted octanol–water partition coefficient (Wildman–Crippen LogP) is 14.1. The molecule has 0 fully saturated rings. The number of halogens is 31. The van der Waals surface area contributed by atoms with E-state index in [-0.39, 0.29) is 11.6 Å². The van der Waals surface area contributed by atoms with Crippen molar-refractivity contribution in [2.45, 2.75) is 148 Å². The van der Waals surface area contributed by atoms with Gasteiger partial charge in [0.1, 0.15) is 25.1 Å². The highest BCUT2D eigenvalue weighted by atomic mass is 19.4. The monoisotopic (exact) mass is 1170 g/mol. The van der Waals surface area contributed by atoms with Gasteiger partial charge < -0.3 is 14.6 Å². The number of hydrogen-bond donors (Lipinski definition) is 1. The lowest BCUT2D eigenvalue weighted by atomic mass is 9.87. The molecule has 1 atom stereocenters. The number of aliphatic hydroxyl groups excluding tert-OH is 1. The van der Waals surface area contributed by atoms with Crippen molar-refractivity contribution in [3.63, 3.8) is 0 Å². The first-order valence-corrected chi connectivity index (χ1v) is 19.8. The molecule has 0 aliphatic heterocycles. The maximum absolute atomic E-state index is 14.3. The molecule has 75 heavy (non-hydrogen) atoms. The van der Waals surface area contributed by atoms with Gasteiger partial charge in [0.25, 0.3) is 0 Å². The lowest BCUT2D eigenvalue weighted by Gasteiger charge is -2.44. The SMILES string of the molecule is CCCCCCCCc1cnc(-c2ccc(OC[C@@H](O)COCC(F)(F)C(F)(F)C(F)(F)C(F)(F)C(F)(F)C(F)(F)C(F)(F)C(F)(F)C(F)(F)OC(F)(F)C(F)(F)OC(F)(F)C(F)(F)C(F)(F)C(F)(F)F)cc2)nc1. The van der Waals surface area contributed by atoms with Crippen molar-refractivity contribution in [3.05, 3.63) is 42.2 Å². The zero-order chi connectivity index (χ0) is 58.9. The van der Waals surface area contributed by atoms with Crippen LogP contribution in [0.2, 0.25) is 0 Å². The predicted molar refractivity (Wildman–Crippen MR) is 184 cm³/mol. The molecule has 0 saturated heterocycles. The van der Waals surface area contributed by atoms with Gasteiger partial charge in [-0.2, -0.15) is 136 Å². The normalized spacial score (nSPS) is 15.6. The standard InChI is InChI=1S/C37H31F31N2O5/c1-2-3-4-5-6-7-8-18-13-69-22(70-14-18)19-9-11-21(12-10-19)73-16-20(71)15-72-17-23(38,39)24(40,41)25(42,43)26(44,45)27(46,47)28(48,49)29(50,51)31(54,55)34(61,62)74-36(65,66)37(67,68)75-35(63,64)32(56,57)30(52,53)33(58,59)60/h9-14,20,71H,2-8,15-17H2,1H3/t20-/m0/s1. The van der Waals surface area contributed by atoms with E-state index in [0.717, 1.165) is 65.7 Å². The van der Waals surface area contributed by atoms with Crippen LogP contribution in [0.1, 0.15) is 51.0 Å². The molecule has 7 nitrogen and oxygen atoms in total. The number of nitrogens with zero attached hydrogens (tertiary/aromatic N) is 2. The summed E-state index contributed by atoms with van der Waals surface area (Å²) >= 11 is 0. The van der Waals surface area contributed by atoms with Crippen molar-refractivity contribution in [1.82, 2.24) is 9.97 Å². The average Bonchev–Trinajstić information content (AvgIpc) is 3.25. The van der Waals surface area contributed by atoms with Crippen molar-refractivity contribution in [2.75, 3.05) is 19.8 Å². The summed E-state index contributed by atoms with van der Waals surface area (Å²) in [6.45, 7) is -4.40. The molecule has 0 aliphatic rings. The molecule has 436 valence electrons. The van der Waals surface area contributed by atoms with Gasteiger partial charge >= 0.3 is 89.8 Å². The van der Waals surface area contributed by atoms with E-state index in [0.29, 0.717) is 12.0 Å².